The molecule has 1 N–H and O–H groups in total. The summed E-state index contributed by atoms with van der Waals surface area (Å²) < 4.78 is 5.73. The second-order valence-electron chi connectivity index (χ2n) is 5.60. The van der Waals surface area contributed by atoms with E-state index in [4.69, 9.17) is 17.0 Å². The van der Waals surface area contributed by atoms with Gasteiger partial charge in [-0.3, -0.25) is 0 Å². The first-order valence-corrected chi connectivity index (χ1v) is 8.21. The SMILES string of the molecule is CCOc1ccccc1N1CCN(C(=S)NC2CC2)CC1. The maximum absolute atomic E-state index is 5.73. The second kappa shape index (κ2) is 6.52. The molecule has 0 unspecified atom stereocenters. The quantitative estimate of drug-likeness (QED) is 0.861. The highest BCUT2D eigenvalue weighted by molar-refractivity contribution is 7.80. The van der Waals surface area contributed by atoms with Gasteiger partial charge in [0.1, 0.15) is 5.75 Å². The van der Waals surface area contributed by atoms with Crippen LogP contribution in [0, 0.1) is 0 Å². The molecule has 114 valence electrons. The lowest BCUT2D eigenvalue weighted by Crippen LogP contribution is -2.52. The van der Waals surface area contributed by atoms with E-state index in [1.54, 1.807) is 0 Å². The molecule has 1 aromatic carbocycles. The van der Waals surface area contributed by atoms with Crippen molar-refractivity contribution in [2.24, 2.45) is 0 Å². The van der Waals surface area contributed by atoms with E-state index in [2.05, 4.69) is 27.2 Å². The molecule has 1 aliphatic carbocycles. The van der Waals surface area contributed by atoms with Crippen molar-refractivity contribution in [3.05, 3.63) is 24.3 Å². The molecule has 0 bridgehead atoms. The summed E-state index contributed by atoms with van der Waals surface area (Å²) in [6.07, 6.45) is 2.53. The molecule has 21 heavy (non-hydrogen) atoms. The predicted molar refractivity (Wildman–Crippen MR) is 90.2 cm³/mol. The van der Waals surface area contributed by atoms with E-state index in [1.807, 2.05) is 19.1 Å². The van der Waals surface area contributed by atoms with Crippen LogP contribution >= 0.6 is 12.2 Å². The Kier molecular flexibility index (Phi) is 4.48. The van der Waals surface area contributed by atoms with Crippen molar-refractivity contribution in [1.29, 1.82) is 0 Å². The highest BCUT2D eigenvalue weighted by Crippen LogP contribution is 2.29. The maximum atomic E-state index is 5.73. The Labute approximate surface area is 132 Å². The van der Waals surface area contributed by atoms with Gasteiger partial charge in [0, 0.05) is 32.2 Å². The van der Waals surface area contributed by atoms with Crippen LogP contribution in [-0.2, 0) is 0 Å². The number of para-hydroxylation sites is 2. The van der Waals surface area contributed by atoms with Crippen molar-refractivity contribution in [3.8, 4) is 5.75 Å². The zero-order valence-corrected chi connectivity index (χ0v) is 13.4. The highest BCUT2D eigenvalue weighted by Gasteiger charge is 2.26. The van der Waals surface area contributed by atoms with E-state index in [-0.39, 0.29) is 0 Å². The number of rotatable bonds is 4. The third-order valence-corrected chi connectivity index (χ3v) is 4.35. The number of piperazine rings is 1. The minimum atomic E-state index is 0.634. The van der Waals surface area contributed by atoms with E-state index >= 15 is 0 Å². The normalized spacial score (nSPS) is 18.5. The van der Waals surface area contributed by atoms with Crippen molar-refractivity contribution in [2.45, 2.75) is 25.8 Å². The Morgan fingerprint density at radius 1 is 1.24 bits per heavy atom. The molecule has 5 heteroatoms. The van der Waals surface area contributed by atoms with Crippen LogP contribution in [0.15, 0.2) is 24.3 Å². The number of nitrogens with one attached hydrogen (secondary N) is 1. The topological polar surface area (TPSA) is 27.7 Å². The number of anilines is 1. The molecule has 3 rings (SSSR count). The van der Waals surface area contributed by atoms with E-state index in [1.165, 1.54) is 18.5 Å². The van der Waals surface area contributed by atoms with E-state index in [0.29, 0.717) is 12.6 Å². The minimum absolute atomic E-state index is 0.634. The molecule has 0 amide bonds. The van der Waals surface area contributed by atoms with Crippen LogP contribution in [-0.4, -0.2) is 48.8 Å². The molecule has 1 saturated carbocycles. The molecule has 0 atom stereocenters. The van der Waals surface area contributed by atoms with E-state index < -0.39 is 0 Å². The Hall–Kier alpha value is -1.49. The van der Waals surface area contributed by atoms with Gasteiger partial charge in [0.2, 0.25) is 0 Å². The van der Waals surface area contributed by atoms with Crippen molar-refractivity contribution in [2.75, 3.05) is 37.7 Å². The Morgan fingerprint density at radius 2 is 1.95 bits per heavy atom. The van der Waals surface area contributed by atoms with Crippen LogP contribution in [0.25, 0.3) is 0 Å². The number of nitrogens with zero attached hydrogens (tertiary/aromatic N) is 2. The molecule has 2 aliphatic rings. The van der Waals surface area contributed by atoms with Gasteiger partial charge in [-0.15, -0.1) is 0 Å². The fourth-order valence-electron chi connectivity index (χ4n) is 2.64. The van der Waals surface area contributed by atoms with Crippen LogP contribution < -0.4 is 15.0 Å². The molecule has 0 aromatic heterocycles. The van der Waals surface area contributed by atoms with Gasteiger partial charge in [0.05, 0.1) is 12.3 Å². The summed E-state index contributed by atoms with van der Waals surface area (Å²) in [5.41, 5.74) is 1.19. The summed E-state index contributed by atoms with van der Waals surface area (Å²) in [4.78, 5) is 4.68. The number of benzene rings is 1. The molecule has 1 aliphatic heterocycles. The molecule has 1 aromatic rings. The molecule has 2 fully saturated rings. The standard InChI is InChI=1S/C16H23N3OS/c1-2-20-15-6-4-3-5-14(15)18-9-11-19(12-10-18)16(21)17-13-7-8-13/h3-6,13H,2,7-12H2,1H3,(H,17,21). The maximum Gasteiger partial charge on any atom is 0.169 e. The van der Waals surface area contributed by atoms with Crippen molar-refractivity contribution in [1.82, 2.24) is 10.2 Å². The molecular formula is C16H23N3OS. The molecule has 1 heterocycles. The summed E-state index contributed by atoms with van der Waals surface area (Å²) in [7, 11) is 0. The molecule has 1 saturated heterocycles. The predicted octanol–water partition coefficient (Wildman–Crippen LogP) is 2.24. The summed E-state index contributed by atoms with van der Waals surface area (Å²) in [6.45, 7) is 6.63. The largest absolute Gasteiger partial charge is 0.492 e. The summed E-state index contributed by atoms with van der Waals surface area (Å²) in [5.74, 6) is 0.979. The van der Waals surface area contributed by atoms with E-state index in [0.717, 1.165) is 37.0 Å². The van der Waals surface area contributed by atoms with Gasteiger partial charge >= 0.3 is 0 Å². The van der Waals surface area contributed by atoms with Crippen molar-refractivity contribution >= 4 is 23.0 Å². The van der Waals surface area contributed by atoms with Gasteiger partial charge in [-0.05, 0) is 44.1 Å². The average molecular weight is 305 g/mol. The van der Waals surface area contributed by atoms with Gasteiger partial charge in [-0.1, -0.05) is 12.1 Å². The summed E-state index contributed by atoms with van der Waals surface area (Å²) in [6, 6.07) is 8.92. The minimum Gasteiger partial charge on any atom is -0.492 e. The lowest BCUT2D eigenvalue weighted by atomic mass is 10.2. The zero-order chi connectivity index (χ0) is 14.7. The third kappa shape index (κ3) is 3.59. The molecule has 0 radical (unpaired) electrons. The van der Waals surface area contributed by atoms with Crippen LogP contribution in [0.2, 0.25) is 0 Å². The zero-order valence-electron chi connectivity index (χ0n) is 12.5. The smallest absolute Gasteiger partial charge is 0.169 e. The van der Waals surface area contributed by atoms with Crippen LogP contribution in [0.4, 0.5) is 5.69 Å². The number of ether oxygens (including phenoxy) is 1. The Balaban J connectivity index is 1.58. The van der Waals surface area contributed by atoms with Gasteiger partial charge in [-0.2, -0.15) is 0 Å². The van der Waals surface area contributed by atoms with Gasteiger partial charge < -0.3 is 19.9 Å². The third-order valence-electron chi connectivity index (χ3n) is 3.98. The fraction of sp³-hybridized carbons (Fsp3) is 0.562. The molecule has 0 spiro atoms. The second-order valence-corrected chi connectivity index (χ2v) is 5.99. The van der Waals surface area contributed by atoms with Gasteiger partial charge in [0.25, 0.3) is 0 Å². The van der Waals surface area contributed by atoms with Gasteiger partial charge in [0.15, 0.2) is 5.11 Å². The molecule has 4 nitrogen and oxygen atoms in total. The number of thiocarbonyl (C=S) groups is 1. The number of hydrogen-bond donors (Lipinski definition) is 1. The first-order valence-electron chi connectivity index (χ1n) is 7.80. The summed E-state index contributed by atoms with van der Waals surface area (Å²) in [5, 5.41) is 4.35. The highest BCUT2D eigenvalue weighted by atomic mass is 32.1. The van der Waals surface area contributed by atoms with Crippen molar-refractivity contribution in [3.63, 3.8) is 0 Å². The average Bonchev–Trinajstić information content (AvgIpc) is 3.32. The number of hydrogen-bond acceptors (Lipinski definition) is 3. The lowest BCUT2D eigenvalue weighted by Gasteiger charge is -2.38. The Morgan fingerprint density at radius 3 is 2.62 bits per heavy atom. The fourth-order valence-corrected chi connectivity index (χ4v) is 2.99. The monoisotopic (exact) mass is 305 g/mol. The first-order chi connectivity index (χ1) is 10.3. The molecular weight excluding hydrogens is 282 g/mol. The summed E-state index contributed by atoms with van der Waals surface area (Å²) >= 11 is 5.48. The van der Waals surface area contributed by atoms with Crippen LogP contribution in [0.5, 0.6) is 5.75 Å². The van der Waals surface area contributed by atoms with E-state index in [9.17, 15) is 0 Å². The van der Waals surface area contributed by atoms with Crippen LogP contribution in [0.1, 0.15) is 19.8 Å². The van der Waals surface area contributed by atoms with Crippen LogP contribution in [0.3, 0.4) is 0 Å². The lowest BCUT2D eigenvalue weighted by molar-refractivity contribution is 0.336. The Bertz CT molecular complexity index is 496. The van der Waals surface area contributed by atoms with Crippen molar-refractivity contribution < 1.29 is 4.74 Å². The van der Waals surface area contributed by atoms with Gasteiger partial charge in [-0.25, -0.2) is 0 Å². The first kappa shape index (κ1) is 14.4.